The van der Waals surface area contributed by atoms with E-state index in [4.69, 9.17) is 0 Å². The molecular formula is C13H10F2N2O4. The van der Waals surface area contributed by atoms with Crippen molar-refractivity contribution in [2.45, 2.75) is 6.61 Å². The molecule has 6 nitrogen and oxygen atoms in total. The smallest absolute Gasteiger partial charge is 0.387 e. The summed E-state index contributed by atoms with van der Waals surface area (Å²) in [5.74, 6) is -0.866. The van der Waals surface area contributed by atoms with Gasteiger partial charge in [-0.1, -0.05) is 0 Å². The van der Waals surface area contributed by atoms with E-state index in [9.17, 15) is 18.4 Å². The summed E-state index contributed by atoms with van der Waals surface area (Å²) >= 11 is 0. The molecule has 110 valence electrons. The van der Waals surface area contributed by atoms with Gasteiger partial charge in [0.2, 0.25) is 11.1 Å². The Labute approximate surface area is 117 Å². The number of alkyl halides is 2. The van der Waals surface area contributed by atoms with Crippen molar-refractivity contribution in [3.63, 3.8) is 0 Å². The molecule has 1 aromatic heterocycles. The van der Waals surface area contributed by atoms with Crippen LogP contribution < -0.4 is 10.2 Å². The Balaban J connectivity index is 2.34. The van der Waals surface area contributed by atoms with Gasteiger partial charge in [0.25, 0.3) is 0 Å². The van der Waals surface area contributed by atoms with Crippen LogP contribution in [0.4, 0.5) is 8.78 Å². The zero-order valence-electron chi connectivity index (χ0n) is 10.8. The first-order valence-electron chi connectivity index (χ1n) is 5.75. The van der Waals surface area contributed by atoms with E-state index in [0.717, 1.165) is 13.2 Å². The molecule has 0 fully saturated rings. The third-order valence-electron chi connectivity index (χ3n) is 2.51. The van der Waals surface area contributed by atoms with Crippen LogP contribution >= 0.6 is 0 Å². The molecule has 0 saturated heterocycles. The molecule has 0 atom stereocenters. The summed E-state index contributed by atoms with van der Waals surface area (Å²) in [4.78, 5) is 22.9. The molecule has 0 aliphatic rings. The molecule has 0 unspecified atom stereocenters. The third-order valence-corrected chi connectivity index (χ3v) is 2.51. The van der Waals surface area contributed by atoms with Gasteiger partial charge < -0.3 is 9.47 Å². The second kappa shape index (κ2) is 6.12. The fourth-order valence-electron chi connectivity index (χ4n) is 1.57. The van der Waals surface area contributed by atoms with Gasteiger partial charge in [-0.25, -0.2) is 9.48 Å². The van der Waals surface area contributed by atoms with E-state index in [2.05, 4.69) is 14.6 Å². The number of esters is 1. The van der Waals surface area contributed by atoms with Crippen LogP contribution in [0.3, 0.4) is 0 Å². The number of rotatable bonds is 4. The van der Waals surface area contributed by atoms with Gasteiger partial charge in [-0.2, -0.15) is 13.9 Å². The van der Waals surface area contributed by atoms with Crippen LogP contribution in [0.5, 0.6) is 5.75 Å². The lowest BCUT2D eigenvalue weighted by Gasteiger charge is -2.08. The Morgan fingerprint density at radius 1 is 1.24 bits per heavy atom. The zero-order chi connectivity index (χ0) is 15.4. The number of halogens is 2. The van der Waals surface area contributed by atoms with Gasteiger partial charge in [0.15, 0.2) is 0 Å². The molecule has 0 aliphatic carbocycles. The number of hydrogen-bond donors (Lipinski definition) is 0. The normalized spacial score (nSPS) is 10.5. The fourth-order valence-corrected chi connectivity index (χ4v) is 1.57. The predicted octanol–water partition coefficient (Wildman–Crippen LogP) is 1.62. The number of hydrogen-bond acceptors (Lipinski definition) is 5. The van der Waals surface area contributed by atoms with E-state index in [1.165, 1.54) is 35.1 Å². The number of benzene rings is 1. The lowest BCUT2D eigenvalue weighted by atomic mass is 10.3. The number of aromatic nitrogens is 2. The maximum atomic E-state index is 12.0. The maximum Gasteiger partial charge on any atom is 0.387 e. The average molecular weight is 296 g/mol. The Morgan fingerprint density at radius 3 is 2.48 bits per heavy atom. The van der Waals surface area contributed by atoms with E-state index in [1.807, 2.05) is 0 Å². The summed E-state index contributed by atoms with van der Waals surface area (Å²) in [5.41, 5.74) is -0.481. The van der Waals surface area contributed by atoms with Crippen LogP contribution in [0.2, 0.25) is 0 Å². The quantitative estimate of drug-likeness (QED) is 0.802. The van der Waals surface area contributed by atoms with Crippen molar-refractivity contribution in [1.29, 1.82) is 0 Å². The molecule has 0 aliphatic heterocycles. The van der Waals surface area contributed by atoms with Crippen LogP contribution in [0, 0.1) is 0 Å². The Morgan fingerprint density at radius 2 is 1.90 bits per heavy atom. The number of ether oxygens (including phenoxy) is 2. The van der Waals surface area contributed by atoms with Gasteiger partial charge in [-0.05, 0) is 24.3 Å². The average Bonchev–Trinajstić information content (AvgIpc) is 2.47. The monoisotopic (exact) mass is 296 g/mol. The molecule has 2 rings (SSSR count). The standard InChI is InChI=1S/C13H10F2N2O4/c1-20-12(19)11-10(18)6-7-17(16-11)8-2-4-9(5-3-8)21-13(14)15/h2-7,13H,1H3. The lowest BCUT2D eigenvalue weighted by molar-refractivity contribution is -0.0498. The van der Waals surface area contributed by atoms with Crippen LogP contribution in [0.1, 0.15) is 10.5 Å². The highest BCUT2D eigenvalue weighted by Gasteiger charge is 2.13. The summed E-state index contributed by atoms with van der Waals surface area (Å²) < 4.78 is 34.0. The van der Waals surface area contributed by atoms with Gasteiger partial charge >= 0.3 is 12.6 Å². The summed E-state index contributed by atoms with van der Waals surface area (Å²) in [6.07, 6.45) is 1.34. The molecule has 2 aromatic rings. The Bertz CT molecular complexity index is 698. The Kier molecular flexibility index (Phi) is 4.27. The highest BCUT2D eigenvalue weighted by Crippen LogP contribution is 2.16. The highest BCUT2D eigenvalue weighted by atomic mass is 19.3. The topological polar surface area (TPSA) is 70.4 Å². The van der Waals surface area contributed by atoms with Crippen molar-refractivity contribution in [3.05, 3.63) is 52.4 Å². The number of methoxy groups -OCH3 is 1. The molecule has 0 amide bonds. The number of carbonyl (C=O) groups excluding carboxylic acids is 1. The minimum Gasteiger partial charge on any atom is -0.464 e. The van der Waals surface area contributed by atoms with Crippen LogP contribution in [-0.4, -0.2) is 29.5 Å². The fraction of sp³-hybridized carbons (Fsp3) is 0.154. The molecule has 0 spiro atoms. The second-order valence-electron chi connectivity index (χ2n) is 3.84. The van der Waals surface area contributed by atoms with Crippen molar-refractivity contribution < 1.29 is 23.0 Å². The van der Waals surface area contributed by atoms with Gasteiger partial charge in [-0.3, -0.25) is 4.79 Å². The van der Waals surface area contributed by atoms with Gasteiger partial charge in [0.05, 0.1) is 12.8 Å². The first kappa shape index (κ1) is 14.6. The summed E-state index contributed by atoms with van der Waals surface area (Å²) in [5, 5.41) is 3.84. The van der Waals surface area contributed by atoms with Crippen LogP contribution in [-0.2, 0) is 4.74 Å². The summed E-state index contributed by atoms with van der Waals surface area (Å²) in [6, 6.07) is 6.70. The van der Waals surface area contributed by atoms with E-state index in [1.54, 1.807) is 0 Å². The van der Waals surface area contributed by atoms with Crippen molar-refractivity contribution in [3.8, 4) is 11.4 Å². The molecule has 0 radical (unpaired) electrons. The summed E-state index contributed by atoms with van der Waals surface area (Å²) in [6.45, 7) is -2.91. The molecule has 0 bridgehead atoms. The number of carbonyl (C=O) groups is 1. The van der Waals surface area contributed by atoms with E-state index >= 15 is 0 Å². The molecule has 1 heterocycles. The molecular weight excluding hydrogens is 286 g/mol. The van der Waals surface area contributed by atoms with E-state index in [0.29, 0.717) is 5.69 Å². The zero-order valence-corrected chi connectivity index (χ0v) is 10.8. The molecule has 0 saturated carbocycles. The van der Waals surface area contributed by atoms with Gasteiger partial charge in [-0.15, -0.1) is 0 Å². The number of nitrogens with zero attached hydrogens (tertiary/aromatic N) is 2. The van der Waals surface area contributed by atoms with E-state index in [-0.39, 0.29) is 11.4 Å². The second-order valence-corrected chi connectivity index (χ2v) is 3.84. The largest absolute Gasteiger partial charge is 0.464 e. The van der Waals surface area contributed by atoms with Gasteiger partial charge in [0, 0.05) is 12.3 Å². The Hall–Kier alpha value is -2.77. The van der Waals surface area contributed by atoms with Crippen molar-refractivity contribution in [2.24, 2.45) is 0 Å². The van der Waals surface area contributed by atoms with Crippen LogP contribution in [0.15, 0.2) is 41.3 Å². The van der Waals surface area contributed by atoms with E-state index < -0.39 is 18.0 Å². The minimum absolute atomic E-state index is 0.0111. The molecule has 0 N–H and O–H groups in total. The molecule has 21 heavy (non-hydrogen) atoms. The summed E-state index contributed by atoms with van der Waals surface area (Å²) in [7, 11) is 1.14. The van der Waals surface area contributed by atoms with Crippen molar-refractivity contribution in [1.82, 2.24) is 9.78 Å². The molecule has 1 aromatic carbocycles. The first-order valence-corrected chi connectivity index (χ1v) is 5.75. The third kappa shape index (κ3) is 3.41. The first-order chi connectivity index (χ1) is 10.0. The lowest BCUT2D eigenvalue weighted by Crippen LogP contribution is -2.21. The predicted molar refractivity (Wildman–Crippen MR) is 67.8 cm³/mol. The van der Waals surface area contributed by atoms with Crippen molar-refractivity contribution >= 4 is 5.97 Å². The van der Waals surface area contributed by atoms with Crippen molar-refractivity contribution in [2.75, 3.05) is 7.11 Å². The highest BCUT2D eigenvalue weighted by molar-refractivity contribution is 5.86. The molecule has 8 heteroatoms. The van der Waals surface area contributed by atoms with Gasteiger partial charge in [0.1, 0.15) is 5.75 Å². The maximum absolute atomic E-state index is 12.0. The van der Waals surface area contributed by atoms with Crippen LogP contribution in [0.25, 0.3) is 5.69 Å². The SMILES string of the molecule is COC(=O)c1nn(-c2ccc(OC(F)F)cc2)ccc1=O. The minimum atomic E-state index is -2.91.